The smallest absolute Gasteiger partial charge is 0.137 e. The molecule has 2 heteroatoms. The van der Waals surface area contributed by atoms with Gasteiger partial charge in [-0.25, -0.2) is 0 Å². The maximum Gasteiger partial charge on any atom is 0.137 e. The van der Waals surface area contributed by atoms with Crippen molar-refractivity contribution in [2.45, 2.75) is 0 Å². The molecule has 226 valence electrons. The Morgan fingerprint density at radius 1 is 0.354 bits per heavy atom. The molecule has 0 N–H and O–H groups in total. The molecule has 48 heavy (non-hydrogen) atoms. The topological polar surface area (TPSA) is 16.4 Å². The van der Waals surface area contributed by atoms with E-state index in [0.717, 1.165) is 39.0 Å². The van der Waals surface area contributed by atoms with Crippen molar-refractivity contribution >= 4 is 49.8 Å². The molecule has 0 atom stereocenters. The summed E-state index contributed by atoms with van der Waals surface area (Å²) < 4.78 is 6.47. The fraction of sp³-hybridized carbons (Fsp3) is 0. The van der Waals surface area contributed by atoms with Crippen LogP contribution in [0, 0.1) is 0 Å². The van der Waals surface area contributed by atoms with Gasteiger partial charge in [0.1, 0.15) is 11.2 Å². The summed E-state index contributed by atoms with van der Waals surface area (Å²) in [6.45, 7) is 0. The Balaban J connectivity index is 1.22. The van der Waals surface area contributed by atoms with E-state index in [1.54, 1.807) is 0 Å². The quantitative estimate of drug-likeness (QED) is 0.185. The first kappa shape index (κ1) is 27.9. The molecule has 0 aliphatic carbocycles. The maximum absolute atomic E-state index is 6.47. The van der Waals surface area contributed by atoms with Gasteiger partial charge in [0.15, 0.2) is 0 Å². The van der Waals surface area contributed by atoms with Crippen LogP contribution < -0.4 is 4.90 Å². The Labute approximate surface area is 279 Å². The SMILES string of the molecule is c1ccc(-c2ccc(N(c3ccc(-c4cccc5ccccc45)cc3)c3cccc4oc5ccc(-c6ccccc6)cc5c34)cc2)cc1. The summed E-state index contributed by atoms with van der Waals surface area (Å²) in [5.41, 5.74) is 12.1. The van der Waals surface area contributed by atoms with Crippen LogP contribution >= 0.6 is 0 Å². The van der Waals surface area contributed by atoms with Crippen LogP contribution in [0.3, 0.4) is 0 Å². The third kappa shape index (κ3) is 4.92. The van der Waals surface area contributed by atoms with E-state index in [1.807, 2.05) is 0 Å². The minimum atomic E-state index is 0.867. The van der Waals surface area contributed by atoms with Gasteiger partial charge in [-0.3, -0.25) is 0 Å². The standard InChI is InChI=1S/C46H31NO/c1-3-11-32(12-4-1)34-21-26-38(27-22-34)47(39-28-23-36(24-29-39)41-18-9-16-35-15-7-8-17-40(35)41)43-19-10-20-45-46(43)42-31-37(25-30-44(42)48-45)33-13-5-2-6-14-33/h1-31H. The number of hydrogen-bond acceptors (Lipinski definition) is 2. The van der Waals surface area contributed by atoms with Crippen molar-refractivity contribution in [2.75, 3.05) is 4.90 Å². The summed E-state index contributed by atoms with van der Waals surface area (Å²) in [4.78, 5) is 2.36. The highest BCUT2D eigenvalue weighted by Crippen LogP contribution is 2.44. The van der Waals surface area contributed by atoms with Crippen LogP contribution in [-0.4, -0.2) is 0 Å². The number of fused-ring (bicyclic) bond motifs is 4. The molecule has 0 saturated heterocycles. The Hall–Kier alpha value is -6.38. The first-order chi connectivity index (χ1) is 23.8. The Morgan fingerprint density at radius 3 is 1.65 bits per heavy atom. The molecule has 1 aromatic heterocycles. The number of nitrogens with zero attached hydrogens (tertiary/aromatic N) is 1. The lowest BCUT2D eigenvalue weighted by Crippen LogP contribution is -2.10. The third-order valence-corrected chi connectivity index (χ3v) is 9.28. The van der Waals surface area contributed by atoms with Crippen molar-refractivity contribution < 1.29 is 4.42 Å². The van der Waals surface area contributed by atoms with Gasteiger partial charge in [-0.1, -0.05) is 140 Å². The lowest BCUT2D eigenvalue weighted by atomic mass is 9.98. The molecule has 9 rings (SSSR count). The Morgan fingerprint density at radius 2 is 0.917 bits per heavy atom. The Bertz CT molecular complexity index is 2530. The normalized spacial score (nSPS) is 11.3. The highest BCUT2D eigenvalue weighted by atomic mass is 16.3. The zero-order valence-electron chi connectivity index (χ0n) is 26.3. The van der Waals surface area contributed by atoms with Crippen molar-refractivity contribution in [3.8, 4) is 33.4 Å². The predicted octanol–water partition coefficient (Wildman–Crippen LogP) is 13.2. The summed E-state index contributed by atoms with van der Waals surface area (Å²) in [5, 5.41) is 4.69. The van der Waals surface area contributed by atoms with Crippen LogP contribution in [0.25, 0.3) is 66.1 Å². The maximum atomic E-state index is 6.47. The van der Waals surface area contributed by atoms with Crippen molar-refractivity contribution in [3.63, 3.8) is 0 Å². The number of rotatable bonds is 6. The van der Waals surface area contributed by atoms with Crippen LogP contribution in [-0.2, 0) is 0 Å². The minimum absolute atomic E-state index is 0.867. The lowest BCUT2D eigenvalue weighted by molar-refractivity contribution is 0.669. The second-order valence-corrected chi connectivity index (χ2v) is 12.2. The van der Waals surface area contributed by atoms with Crippen LogP contribution in [0.4, 0.5) is 17.1 Å². The van der Waals surface area contributed by atoms with E-state index >= 15 is 0 Å². The molecular formula is C46H31NO. The van der Waals surface area contributed by atoms with E-state index in [0.29, 0.717) is 0 Å². The van der Waals surface area contributed by atoms with Gasteiger partial charge >= 0.3 is 0 Å². The van der Waals surface area contributed by atoms with E-state index in [1.165, 1.54) is 44.2 Å². The van der Waals surface area contributed by atoms with Gasteiger partial charge in [0.25, 0.3) is 0 Å². The lowest BCUT2D eigenvalue weighted by Gasteiger charge is -2.27. The molecule has 8 aromatic carbocycles. The first-order valence-corrected chi connectivity index (χ1v) is 16.3. The summed E-state index contributed by atoms with van der Waals surface area (Å²) >= 11 is 0. The molecule has 0 saturated carbocycles. The molecule has 0 aliphatic rings. The molecular weight excluding hydrogens is 583 g/mol. The molecule has 0 spiro atoms. The number of anilines is 3. The van der Waals surface area contributed by atoms with Crippen LogP contribution in [0.2, 0.25) is 0 Å². The number of furan rings is 1. The zero-order valence-corrected chi connectivity index (χ0v) is 26.3. The number of benzene rings is 8. The van der Waals surface area contributed by atoms with Crippen molar-refractivity contribution in [2.24, 2.45) is 0 Å². The predicted molar refractivity (Wildman–Crippen MR) is 202 cm³/mol. The average molecular weight is 614 g/mol. The molecule has 0 amide bonds. The van der Waals surface area contributed by atoms with Crippen molar-refractivity contribution in [3.05, 3.63) is 188 Å². The third-order valence-electron chi connectivity index (χ3n) is 9.28. The van der Waals surface area contributed by atoms with Gasteiger partial charge in [-0.2, -0.15) is 0 Å². The highest BCUT2D eigenvalue weighted by Gasteiger charge is 2.20. The molecule has 0 fully saturated rings. The van der Waals surface area contributed by atoms with Gasteiger partial charge in [-0.15, -0.1) is 0 Å². The van der Waals surface area contributed by atoms with Gasteiger partial charge in [0, 0.05) is 16.8 Å². The molecule has 0 radical (unpaired) electrons. The zero-order chi connectivity index (χ0) is 31.9. The van der Waals surface area contributed by atoms with E-state index in [-0.39, 0.29) is 0 Å². The Kier molecular flexibility index (Phi) is 6.84. The summed E-state index contributed by atoms with van der Waals surface area (Å²) in [5.74, 6) is 0. The molecule has 9 aromatic rings. The summed E-state index contributed by atoms with van der Waals surface area (Å²) in [6, 6.07) is 66.9. The fourth-order valence-corrected chi connectivity index (χ4v) is 6.93. The number of hydrogen-bond donors (Lipinski definition) is 0. The summed E-state index contributed by atoms with van der Waals surface area (Å²) in [7, 11) is 0. The molecule has 0 bridgehead atoms. The molecule has 0 aliphatic heterocycles. The van der Waals surface area contributed by atoms with Crippen LogP contribution in [0.5, 0.6) is 0 Å². The largest absolute Gasteiger partial charge is 0.456 e. The molecule has 0 unspecified atom stereocenters. The van der Waals surface area contributed by atoms with E-state index in [4.69, 9.17) is 4.42 Å². The first-order valence-electron chi connectivity index (χ1n) is 16.3. The van der Waals surface area contributed by atoms with Crippen molar-refractivity contribution in [1.29, 1.82) is 0 Å². The summed E-state index contributed by atoms with van der Waals surface area (Å²) in [6.07, 6.45) is 0. The van der Waals surface area contributed by atoms with E-state index in [9.17, 15) is 0 Å². The second-order valence-electron chi connectivity index (χ2n) is 12.2. The van der Waals surface area contributed by atoms with Gasteiger partial charge < -0.3 is 9.32 Å². The van der Waals surface area contributed by atoms with E-state index in [2.05, 4.69) is 193 Å². The van der Waals surface area contributed by atoms with Gasteiger partial charge in [0.2, 0.25) is 0 Å². The highest BCUT2D eigenvalue weighted by molar-refractivity contribution is 6.14. The monoisotopic (exact) mass is 613 g/mol. The molecule has 2 nitrogen and oxygen atoms in total. The van der Waals surface area contributed by atoms with Crippen LogP contribution in [0.1, 0.15) is 0 Å². The average Bonchev–Trinajstić information content (AvgIpc) is 3.55. The van der Waals surface area contributed by atoms with E-state index < -0.39 is 0 Å². The molecule has 1 heterocycles. The van der Waals surface area contributed by atoms with Crippen LogP contribution in [0.15, 0.2) is 192 Å². The fourth-order valence-electron chi connectivity index (χ4n) is 6.93. The second kappa shape index (κ2) is 11.8. The van der Waals surface area contributed by atoms with Gasteiger partial charge in [-0.05, 0) is 92.7 Å². The van der Waals surface area contributed by atoms with Crippen molar-refractivity contribution in [1.82, 2.24) is 0 Å². The van der Waals surface area contributed by atoms with Gasteiger partial charge in [0.05, 0.1) is 11.1 Å². The minimum Gasteiger partial charge on any atom is -0.456 e.